The summed E-state index contributed by atoms with van der Waals surface area (Å²) in [5.41, 5.74) is 6.78. The van der Waals surface area contributed by atoms with Gasteiger partial charge in [0.2, 0.25) is 5.82 Å². The van der Waals surface area contributed by atoms with Crippen molar-refractivity contribution in [3.05, 3.63) is 54.3 Å². The van der Waals surface area contributed by atoms with Gasteiger partial charge in [-0.2, -0.15) is 0 Å². The van der Waals surface area contributed by atoms with E-state index in [1.54, 1.807) is 18.0 Å². The second kappa shape index (κ2) is 10.1. The summed E-state index contributed by atoms with van der Waals surface area (Å²) in [5.74, 6) is -1.38. The monoisotopic (exact) mass is 390 g/mol. The fourth-order valence-electron chi connectivity index (χ4n) is 2.04. The zero-order valence-electron chi connectivity index (χ0n) is 14.2. The third-order valence-corrected chi connectivity index (χ3v) is 4.17. The number of hydrogen-bond donors (Lipinski definition) is 3. The molecular weight excluding hydrogens is 372 g/mol. The molecule has 10 heteroatoms. The molecular formula is C17H18N4O5S. The molecule has 27 heavy (non-hydrogen) atoms. The van der Waals surface area contributed by atoms with Gasteiger partial charge in [-0.3, -0.25) is 4.57 Å². The number of nitrogens with two attached hydrogens (primary N) is 1. The summed E-state index contributed by atoms with van der Waals surface area (Å²) < 4.78 is 7.52. The van der Waals surface area contributed by atoms with Crippen LogP contribution in [0.1, 0.15) is 5.56 Å². The molecule has 3 rings (SSSR count). The Hall–Kier alpha value is -3.11. The Morgan fingerprint density at radius 1 is 1.07 bits per heavy atom. The van der Waals surface area contributed by atoms with Crippen LogP contribution in [-0.2, 0) is 16.1 Å². The van der Waals surface area contributed by atoms with E-state index in [9.17, 15) is 0 Å². The lowest BCUT2D eigenvalue weighted by atomic mass is 10.2. The zero-order chi connectivity index (χ0) is 19.6. The largest absolute Gasteiger partial charge is 0.473 e. The van der Waals surface area contributed by atoms with Gasteiger partial charge in [0.25, 0.3) is 0 Å². The van der Waals surface area contributed by atoms with Gasteiger partial charge in [-0.1, -0.05) is 42.1 Å². The number of aliphatic carboxylic acids is 2. The minimum absolute atomic E-state index is 0.610. The number of carbonyl (C=O) groups is 2. The van der Waals surface area contributed by atoms with Crippen molar-refractivity contribution in [2.45, 2.75) is 11.7 Å². The standard InChI is InChI=1S/C15H16N4OS.C2H2O4/c16-8-10-21-15-18-17-14(13-7-4-9-20-13)19(15)11-12-5-2-1-3-6-12;3-1(4)2(5)6/h1-7,9H,8,10-11,16H2;(H,3,4)(H,5,6). The predicted molar refractivity (Wildman–Crippen MR) is 98.3 cm³/mol. The van der Waals surface area contributed by atoms with Gasteiger partial charge in [0.05, 0.1) is 12.8 Å². The van der Waals surface area contributed by atoms with Crippen molar-refractivity contribution >= 4 is 23.7 Å². The molecule has 0 amide bonds. The normalized spacial score (nSPS) is 10.1. The summed E-state index contributed by atoms with van der Waals surface area (Å²) in [6, 6.07) is 14.0. The first kappa shape index (κ1) is 20.2. The van der Waals surface area contributed by atoms with Crippen LogP contribution in [0.25, 0.3) is 11.6 Å². The highest BCUT2D eigenvalue weighted by Gasteiger charge is 2.16. The van der Waals surface area contributed by atoms with Crippen LogP contribution < -0.4 is 5.73 Å². The molecule has 0 saturated heterocycles. The van der Waals surface area contributed by atoms with Gasteiger partial charge >= 0.3 is 11.9 Å². The number of thioether (sulfide) groups is 1. The molecule has 2 aromatic heterocycles. The first-order valence-electron chi connectivity index (χ1n) is 7.83. The molecule has 4 N–H and O–H groups in total. The zero-order valence-corrected chi connectivity index (χ0v) is 15.0. The van der Waals surface area contributed by atoms with E-state index in [1.807, 2.05) is 30.3 Å². The minimum atomic E-state index is -1.82. The van der Waals surface area contributed by atoms with Gasteiger partial charge in [0, 0.05) is 12.3 Å². The number of nitrogens with zero attached hydrogens (tertiary/aromatic N) is 3. The van der Waals surface area contributed by atoms with E-state index in [0.29, 0.717) is 13.1 Å². The minimum Gasteiger partial charge on any atom is -0.473 e. The SMILES string of the molecule is NCCSc1nnc(-c2ccco2)n1Cc1ccccc1.O=C(O)C(=O)O. The molecule has 0 radical (unpaired) electrons. The Balaban J connectivity index is 0.000000380. The lowest BCUT2D eigenvalue weighted by Crippen LogP contribution is -2.09. The third kappa shape index (κ3) is 5.97. The number of benzene rings is 1. The van der Waals surface area contributed by atoms with Gasteiger partial charge in [-0.25, -0.2) is 9.59 Å². The van der Waals surface area contributed by atoms with Crippen LogP contribution in [0, 0.1) is 0 Å². The highest BCUT2D eigenvalue weighted by Crippen LogP contribution is 2.25. The topological polar surface area (TPSA) is 144 Å². The summed E-state index contributed by atoms with van der Waals surface area (Å²) >= 11 is 1.61. The van der Waals surface area contributed by atoms with Crippen molar-refractivity contribution in [3.8, 4) is 11.6 Å². The van der Waals surface area contributed by atoms with Crippen LogP contribution >= 0.6 is 11.8 Å². The van der Waals surface area contributed by atoms with E-state index in [-0.39, 0.29) is 0 Å². The molecule has 0 aliphatic rings. The lowest BCUT2D eigenvalue weighted by Gasteiger charge is -2.08. The molecule has 0 fully saturated rings. The molecule has 0 bridgehead atoms. The molecule has 142 valence electrons. The van der Waals surface area contributed by atoms with Crippen molar-refractivity contribution in [1.82, 2.24) is 14.8 Å². The smallest absolute Gasteiger partial charge is 0.414 e. The van der Waals surface area contributed by atoms with Gasteiger partial charge < -0.3 is 20.4 Å². The predicted octanol–water partition coefficient (Wildman–Crippen LogP) is 1.79. The van der Waals surface area contributed by atoms with E-state index < -0.39 is 11.9 Å². The van der Waals surface area contributed by atoms with Crippen LogP contribution in [0.2, 0.25) is 0 Å². The highest BCUT2D eigenvalue weighted by molar-refractivity contribution is 7.99. The van der Waals surface area contributed by atoms with Gasteiger partial charge in [0.1, 0.15) is 0 Å². The second-order valence-corrected chi connectivity index (χ2v) is 6.16. The van der Waals surface area contributed by atoms with Crippen molar-refractivity contribution in [1.29, 1.82) is 0 Å². The molecule has 1 aromatic carbocycles. The summed E-state index contributed by atoms with van der Waals surface area (Å²) in [6.07, 6.45) is 1.64. The first-order valence-corrected chi connectivity index (χ1v) is 8.81. The number of hydrogen-bond acceptors (Lipinski definition) is 7. The van der Waals surface area contributed by atoms with Crippen LogP contribution in [0.5, 0.6) is 0 Å². The van der Waals surface area contributed by atoms with Crippen molar-refractivity contribution < 1.29 is 24.2 Å². The van der Waals surface area contributed by atoms with Crippen molar-refractivity contribution in [3.63, 3.8) is 0 Å². The summed E-state index contributed by atoms with van der Waals surface area (Å²) in [7, 11) is 0. The molecule has 0 atom stereocenters. The molecule has 3 aromatic rings. The number of carboxylic acid groups (broad SMARTS) is 2. The molecule has 0 saturated carbocycles. The van der Waals surface area contributed by atoms with Crippen LogP contribution in [-0.4, -0.2) is 49.2 Å². The number of carboxylic acids is 2. The van der Waals surface area contributed by atoms with Crippen LogP contribution in [0.4, 0.5) is 0 Å². The Bertz CT molecular complexity index is 853. The van der Waals surface area contributed by atoms with Gasteiger partial charge in [-0.15, -0.1) is 10.2 Å². The average Bonchev–Trinajstić information content (AvgIpc) is 3.31. The third-order valence-electron chi connectivity index (χ3n) is 3.17. The van der Waals surface area contributed by atoms with Crippen molar-refractivity contribution in [2.75, 3.05) is 12.3 Å². The number of aromatic nitrogens is 3. The Morgan fingerprint density at radius 2 is 1.78 bits per heavy atom. The summed E-state index contributed by atoms with van der Waals surface area (Å²) in [4.78, 5) is 18.2. The Labute approximate surface area is 158 Å². The maximum Gasteiger partial charge on any atom is 0.414 e. The Kier molecular flexibility index (Phi) is 7.59. The van der Waals surface area contributed by atoms with Gasteiger partial charge in [0.15, 0.2) is 10.9 Å². The van der Waals surface area contributed by atoms with E-state index in [1.165, 1.54) is 5.56 Å². The van der Waals surface area contributed by atoms with E-state index in [4.69, 9.17) is 30.0 Å². The number of furan rings is 1. The Morgan fingerprint density at radius 3 is 2.33 bits per heavy atom. The maximum atomic E-state index is 9.10. The fourth-order valence-corrected chi connectivity index (χ4v) is 2.75. The first-order chi connectivity index (χ1) is 13.0. The molecule has 0 aliphatic carbocycles. The van der Waals surface area contributed by atoms with E-state index in [0.717, 1.165) is 22.5 Å². The van der Waals surface area contributed by atoms with Crippen molar-refractivity contribution in [2.24, 2.45) is 5.73 Å². The summed E-state index contributed by atoms with van der Waals surface area (Å²) in [6.45, 7) is 1.32. The van der Waals surface area contributed by atoms with E-state index >= 15 is 0 Å². The molecule has 0 unspecified atom stereocenters. The highest BCUT2D eigenvalue weighted by atomic mass is 32.2. The van der Waals surface area contributed by atoms with Gasteiger partial charge in [-0.05, 0) is 17.7 Å². The number of rotatable bonds is 6. The molecule has 0 spiro atoms. The van der Waals surface area contributed by atoms with E-state index in [2.05, 4.69) is 26.9 Å². The molecule has 0 aliphatic heterocycles. The maximum absolute atomic E-state index is 9.10. The molecule has 2 heterocycles. The quantitative estimate of drug-likeness (QED) is 0.423. The van der Waals surface area contributed by atoms with Crippen LogP contribution in [0.15, 0.2) is 58.3 Å². The lowest BCUT2D eigenvalue weighted by molar-refractivity contribution is -0.159. The summed E-state index contributed by atoms with van der Waals surface area (Å²) in [5, 5.41) is 24.2. The van der Waals surface area contributed by atoms with Crippen LogP contribution in [0.3, 0.4) is 0 Å². The average molecular weight is 390 g/mol. The molecule has 9 nitrogen and oxygen atoms in total. The second-order valence-electron chi connectivity index (χ2n) is 5.10. The fraction of sp³-hybridized carbons (Fsp3) is 0.176.